The Hall–Kier alpha value is -2.14. The van der Waals surface area contributed by atoms with Crippen molar-refractivity contribution in [3.8, 4) is 0 Å². The van der Waals surface area contributed by atoms with Crippen LogP contribution < -0.4 is 5.19 Å². The van der Waals surface area contributed by atoms with E-state index in [1.165, 1.54) is 42.0 Å². The van der Waals surface area contributed by atoms with Crippen LogP contribution in [0.3, 0.4) is 0 Å². The molecule has 0 radical (unpaired) electrons. The molecule has 3 aromatic rings. The van der Waals surface area contributed by atoms with Gasteiger partial charge in [0.2, 0.25) is 0 Å². The maximum absolute atomic E-state index is 11.4. The molecule has 0 aliphatic heterocycles. The van der Waals surface area contributed by atoms with Gasteiger partial charge in [-0.05, 0) is 24.0 Å². The molecule has 0 aromatic heterocycles. The molecule has 3 rings (SSSR count). The average molecular weight is 529 g/mol. The lowest BCUT2D eigenvalue weighted by Gasteiger charge is -2.34. The summed E-state index contributed by atoms with van der Waals surface area (Å²) in [5, 5.41) is 12.8. The van der Waals surface area contributed by atoms with Gasteiger partial charge < -0.3 is 9.68 Å². The van der Waals surface area contributed by atoms with E-state index in [1.807, 2.05) is 0 Å². The van der Waals surface area contributed by atoms with Gasteiger partial charge in [-0.25, -0.2) is 0 Å². The molecule has 1 N–H and O–H groups in total. The van der Waals surface area contributed by atoms with Gasteiger partial charge in [-0.3, -0.25) is 0 Å². The first-order chi connectivity index (χ1) is 18.7. The van der Waals surface area contributed by atoms with E-state index in [4.69, 9.17) is 4.65 Å². The quantitative estimate of drug-likeness (QED) is 0.125. The highest BCUT2D eigenvalue weighted by Crippen LogP contribution is 2.30. The molecule has 0 aliphatic rings. The van der Waals surface area contributed by atoms with Gasteiger partial charge in [0.05, 0.1) is 0 Å². The molecule has 0 atom stereocenters. The molecular weight excluding hydrogens is 479 g/mol. The number of benzene rings is 3. The summed E-state index contributed by atoms with van der Waals surface area (Å²) in [5.74, 6) is 0.471. The molecule has 0 heterocycles. The maximum Gasteiger partial charge on any atom is 0.435 e. The second-order valence-corrected chi connectivity index (χ2v) is 15.3. The highest BCUT2D eigenvalue weighted by Gasteiger charge is 2.46. The first kappa shape index (κ1) is 30.4. The third kappa shape index (κ3) is 9.25. The minimum absolute atomic E-state index is 0.471. The van der Waals surface area contributed by atoms with Crippen LogP contribution >= 0.6 is 0 Å². The fraction of sp³-hybridized carbons (Fsp3) is 0.471. The summed E-state index contributed by atoms with van der Waals surface area (Å²) in [6, 6.07) is 34.9. The molecule has 0 amide bonds. The SMILES string of the molecule is CCCC[Si](CCCC)(B(O)OCCCCCCCC(c1ccccc1)c1ccccc1)c1ccccc1. The van der Waals surface area contributed by atoms with Gasteiger partial charge in [0.15, 0.2) is 0 Å². The molecular formula is C34H49BO2Si. The zero-order chi connectivity index (χ0) is 26.9. The Labute approximate surface area is 234 Å². The Bertz CT molecular complexity index is 936. The standard InChI is InChI=1S/C34H49BO2Si/c1-3-5-29-38(30-6-4-2,33-25-17-12-18-26-33)35(36)37-28-20-9-7-8-19-27-34(31-21-13-10-14-22-31)32-23-15-11-16-24-32/h10-18,21-26,34,36H,3-9,19-20,27-30H2,1-2H3. The van der Waals surface area contributed by atoms with Gasteiger partial charge in [0.1, 0.15) is 7.94 Å². The molecule has 4 heteroatoms. The second kappa shape index (κ2) is 17.4. The third-order valence-electron chi connectivity index (χ3n) is 8.09. The number of hydrogen-bond donors (Lipinski definition) is 1. The molecule has 38 heavy (non-hydrogen) atoms. The van der Waals surface area contributed by atoms with Gasteiger partial charge in [0, 0.05) is 12.5 Å². The fourth-order valence-corrected chi connectivity index (χ4v) is 10.7. The first-order valence-electron chi connectivity index (χ1n) is 15.2. The van der Waals surface area contributed by atoms with E-state index < -0.39 is 14.7 Å². The van der Waals surface area contributed by atoms with E-state index >= 15 is 0 Å². The van der Waals surface area contributed by atoms with Crippen molar-refractivity contribution in [3.63, 3.8) is 0 Å². The molecule has 0 fully saturated rings. The summed E-state index contributed by atoms with van der Waals surface area (Å²) in [6.07, 6.45) is 11.7. The highest BCUT2D eigenvalue weighted by atomic mass is 28.3. The van der Waals surface area contributed by atoms with E-state index in [0.717, 1.165) is 50.6 Å². The molecule has 0 bridgehead atoms. The predicted molar refractivity (Wildman–Crippen MR) is 168 cm³/mol. The van der Waals surface area contributed by atoms with Crippen molar-refractivity contribution >= 4 is 19.8 Å². The van der Waals surface area contributed by atoms with E-state index in [9.17, 15) is 5.02 Å². The van der Waals surface area contributed by atoms with Crippen molar-refractivity contribution in [2.75, 3.05) is 6.61 Å². The monoisotopic (exact) mass is 528 g/mol. The van der Waals surface area contributed by atoms with Crippen molar-refractivity contribution in [2.24, 2.45) is 0 Å². The van der Waals surface area contributed by atoms with Crippen molar-refractivity contribution in [1.29, 1.82) is 0 Å². The Morgan fingerprint density at radius 3 is 1.63 bits per heavy atom. The van der Waals surface area contributed by atoms with Crippen LogP contribution in [-0.2, 0) is 4.65 Å². The molecule has 0 saturated carbocycles. The van der Waals surface area contributed by atoms with Crippen molar-refractivity contribution in [3.05, 3.63) is 102 Å². The number of rotatable bonds is 19. The molecule has 0 aliphatic carbocycles. The van der Waals surface area contributed by atoms with Crippen LogP contribution in [0.4, 0.5) is 0 Å². The molecule has 0 spiro atoms. The minimum Gasteiger partial charge on any atom is -0.430 e. The molecule has 3 aromatic carbocycles. The van der Waals surface area contributed by atoms with Gasteiger partial charge in [-0.2, -0.15) is 0 Å². The minimum atomic E-state index is -2.14. The fourth-order valence-electron chi connectivity index (χ4n) is 5.79. The summed E-state index contributed by atoms with van der Waals surface area (Å²) in [5.41, 5.74) is 2.83. The van der Waals surface area contributed by atoms with Crippen LogP contribution in [0.15, 0.2) is 91.0 Å². The van der Waals surface area contributed by atoms with E-state index in [1.54, 1.807) is 0 Å². The highest BCUT2D eigenvalue weighted by molar-refractivity contribution is 7.34. The largest absolute Gasteiger partial charge is 0.435 e. The summed E-state index contributed by atoms with van der Waals surface area (Å²) in [4.78, 5) is 0. The van der Waals surface area contributed by atoms with Crippen LogP contribution in [0.5, 0.6) is 0 Å². The van der Waals surface area contributed by atoms with E-state index in [0.29, 0.717) is 12.5 Å². The van der Waals surface area contributed by atoms with Crippen LogP contribution in [0.1, 0.15) is 95.1 Å². The van der Waals surface area contributed by atoms with Gasteiger partial charge in [-0.1, -0.05) is 173 Å². The topological polar surface area (TPSA) is 29.5 Å². The second-order valence-electron chi connectivity index (χ2n) is 10.9. The molecule has 204 valence electrons. The molecule has 0 saturated heterocycles. The van der Waals surface area contributed by atoms with Crippen LogP contribution in [-0.4, -0.2) is 26.3 Å². The van der Waals surface area contributed by atoms with Gasteiger partial charge in [0.25, 0.3) is 0 Å². The summed E-state index contributed by atoms with van der Waals surface area (Å²) in [7, 11) is -2.14. The van der Waals surface area contributed by atoms with Gasteiger partial charge >= 0.3 is 6.71 Å². The Morgan fingerprint density at radius 1 is 0.632 bits per heavy atom. The summed E-state index contributed by atoms with van der Waals surface area (Å²) < 4.78 is 6.23. The Kier molecular flexibility index (Phi) is 14.0. The lowest BCUT2D eigenvalue weighted by molar-refractivity contribution is 0.264. The average Bonchev–Trinajstić information content (AvgIpc) is 2.98. The van der Waals surface area contributed by atoms with E-state index in [2.05, 4.69) is 105 Å². The maximum atomic E-state index is 11.4. The van der Waals surface area contributed by atoms with E-state index in [-0.39, 0.29) is 0 Å². The van der Waals surface area contributed by atoms with Crippen LogP contribution in [0, 0.1) is 0 Å². The zero-order valence-corrected chi connectivity index (χ0v) is 24.9. The zero-order valence-electron chi connectivity index (χ0n) is 23.9. The van der Waals surface area contributed by atoms with Crippen molar-refractivity contribution in [1.82, 2.24) is 0 Å². The normalized spacial score (nSPS) is 11.7. The Balaban J connectivity index is 1.45. The Morgan fingerprint density at radius 2 is 1.11 bits per heavy atom. The molecule has 0 unspecified atom stereocenters. The van der Waals surface area contributed by atoms with Crippen molar-refractivity contribution < 1.29 is 9.68 Å². The summed E-state index contributed by atoms with van der Waals surface area (Å²) in [6.45, 7) is 4.55. The lowest BCUT2D eigenvalue weighted by atomic mass is 9.87. The lowest BCUT2D eigenvalue weighted by Crippen LogP contribution is -2.62. The molecule has 2 nitrogen and oxygen atoms in total. The van der Waals surface area contributed by atoms with Crippen molar-refractivity contribution in [2.45, 2.75) is 96.1 Å². The predicted octanol–water partition coefficient (Wildman–Crippen LogP) is 8.69. The number of unbranched alkanes of at least 4 members (excludes halogenated alkanes) is 6. The third-order valence-corrected chi connectivity index (χ3v) is 13.2. The summed E-state index contributed by atoms with van der Waals surface area (Å²) >= 11 is 0. The number of hydrogen-bond acceptors (Lipinski definition) is 2. The first-order valence-corrected chi connectivity index (χ1v) is 17.7. The van der Waals surface area contributed by atoms with Gasteiger partial charge in [-0.15, -0.1) is 0 Å². The van der Waals surface area contributed by atoms with Crippen LogP contribution in [0.2, 0.25) is 12.1 Å². The smallest absolute Gasteiger partial charge is 0.430 e. The van der Waals surface area contributed by atoms with Crippen LogP contribution in [0.25, 0.3) is 0 Å².